The zero-order chi connectivity index (χ0) is 18.9. The molecular formula is C20H23FN4O2. The van der Waals surface area contributed by atoms with E-state index in [2.05, 4.69) is 5.10 Å². The van der Waals surface area contributed by atoms with Crippen LogP contribution in [0, 0.1) is 11.2 Å². The lowest BCUT2D eigenvalue weighted by Crippen LogP contribution is -2.50. The van der Waals surface area contributed by atoms with Crippen LogP contribution in [0.3, 0.4) is 0 Å². The van der Waals surface area contributed by atoms with Gasteiger partial charge in [0.2, 0.25) is 11.8 Å². The minimum atomic E-state index is -0.474. The van der Waals surface area contributed by atoms with Crippen molar-refractivity contribution in [2.24, 2.45) is 5.41 Å². The number of hydrogen-bond donors (Lipinski definition) is 0. The van der Waals surface area contributed by atoms with Crippen LogP contribution in [0.15, 0.2) is 42.7 Å². The Kier molecular flexibility index (Phi) is 4.68. The number of hydrogen-bond acceptors (Lipinski definition) is 3. The SMILES string of the molecule is O=C(Cn1cccn1)N1CCC2(CCCN(Cc3ccc(F)cc3)C2=O)C1. The largest absolute Gasteiger partial charge is 0.340 e. The maximum Gasteiger partial charge on any atom is 0.244 e. The van der Waals surface area contributed by atoms with E-state index in [9.17, 15) is 14.0 Å². The van der Waals surface area contributed by atoms with Crippen molar-refractivity contribution in [2.75, 3.05) is 19.6 Å². The molecule has 2 fully saturated rings. The van der Waals surface area contributed by atoms with Crippen molar-refractivity contribution in [2.45, 2.75) is 32.4 Å². The number of carbonyl (C=O) groups excluding carboxylic acids is 2. The van der Waals surface area contributed by atoms with Crippen molar-refractivity contribution in [3.05, 3.63) is 54.1 Å². The molecule has 1 unspecified atom stereocenters. The summed E-state index contributed by atoms with van der Waals surface area (Å²) in [5, 5.41) is 4.08. The zero-order valence-corrected chi connectivity index (χ0v) is 15.2. The quantitative estimate of drug-likeness (QED) is 0.828. The molecule has 0 aliphatic carbocycles. The van der Waals surface area contributed by atoms with Crippen molar-refractivity contribution < 1.29 is 14.0 Å². The standard InChI is InChI=1S/C20H23FN4O2/c21-17-5-3-16(4-6-17)13-23-10-1-7-20(19(23)27)8-12-24(15-20)18(26)14-25-11-2-9-22-25/h2-6,9,11H,1,7-8,10,12-15H2. The lowest BCUT2D eigenvalue weighted by Gasteiger charge is -2.39. The molecule has 0 saturated carbocycles. The molecule has 7 heteroatoms. The predicted octanol–water partition coefficient (Wildman–Crippen LogP) is 2.06. The number of piperidine rings is 1. The van der Waals surface area contributed by atoms with Gasteiger partial charge in [0.25, 0.3) is 0 Å². The third kappa shape index (κ3) is 3.59. The molecule has 2 aromatic rings. The molecule has 2 aliphatic heterocycles. The van der Waals surface area contributed by atoms with E-state index in [4.69, 9.17) is 0 Å². The molecule has 2 aliphatic rings. The summed E-state index contributed by atoms with van der Waals surface area (Å²) in [5.74, 6) is -0.159. The summed E-state index contributed by atoms with van der Waals surface area (Å²) in [6.45, 7) is 2.49. The van der Waals surface area contributed by atoms with E-state index >= 15 is 0 Å². The van der Waals surface area contributed by atoms with E-state index < -0.39 is 5.41 Å². The fraction of sp³-hybridized carbons (Fsp3) is 0.450. The average Bonchev–Trinajstić information content (AvgIpc) is 3.32. The van der Waals surface area contributed by atoms with Gasteiger partial charge in [-0.3, -0.25) is 14.3 Å². The Morgan fingerprint density at radius 3 is 2.74 bits per heavy atom. The first-order valence-electron chi connectivity index (χ1n) is 9.35. The topological polar surface area (TPSA) is 58.4 Å². The number of rotatable bonds is 4. The maximum absolute atomic E-state index is 13.2. The summed E-state index contributed by atoms with van der Waals surface area (Å²) in [7, 11) is 0. The Morgan fingerprint density at radius 2 is 2.00 bits per heavy atom. The van der Waals surface area contributed by atoms with Crippen molar-refractivity contribution >= 4 is 11.8 Å². The number of carbonyl (C=O) groups is 2. The minimum absolute atomic E-state index is 0.000895. The van der Waals surface area contributed by atoms with Gasteiger partial charge in [0.15, 0.2) is 0 Å². The van der Waals surface area contributed by atoms with Crippen LogP contribution in [0.2, 0.25) is 0 Å². The summed E-state index contributed by atoms with van der Waals surface area (Å²) in [6.07, 6.45) is 5.86. The molecule has 4 rings (SSSR count). The van der Waals surface area contributed by atoms with Gasteiger partial charge < -0.3 is 9.80 Å². The van der Waals surface area contributed by atoms with Crippen LogP contribution < -0.4 is 0 Å². The Hall–Kier alpha value is -2.70. The second-order valence-corrected chi connectivity index (χ2v) is 7.51. The predicted molar refractivity (Wildman–Crippen MR) is 96.9 cm³/mol. The Labute approximate surface area is 157 Å². The summed E-state index contributed by atoms with van der Waals surface area (Å²) in [4.78, 5) is 29.4. The van der Waals surface area contributed by atoms with Crippen LogP contribution in [0.1, 0.15) is 24.8 Å². The number of aromatic nitrogens is 2. The van der Waals surface area contributed by atoms with Crippen LogP contribution >= 0.6 is 0 Å². The van der Waals surface area contributed by atoms with Crippen LogP contribution in [-0.2, 0) is 22.7 Å². The number of amides is 2. The van der Waals surface area contributed by atoms with Crippen LogP contribution in [0.25, 0.3) is 0 Å². The summed E-state index contributed by atoms with van der Waals surface area (Å²) < 4.78 is 14.7. The fourth-order valence-electron chi connectivity index (χ4n) is 4.21. The molecule has 27 heavy (non-hydrogen) atoms. The highest BCUT2D eigenvalue weighted by Gasteiger charge is 2.49. The van der Waals surface area contributed by atoms with Gasteiger partial charge in [-0.25, -0.2) is 4.39 Å². The molecule has 0 N–H and O–H groups in total. The highest BCUT2D eigenvalue weighted by atomic mass is 19.1. The third-order valence-electron chi connectivity index (χ3n) is 5.67. The van der Waals surface area contributed by atoms with Crippen molar-refractivity contribution in [3.63, 3.8) is 0 Å². The van der Waals surface area contributed by atoms with Gasteiger partial charge >= 0.3 is 0 Å². The normalized spacial score (nSPS) is 22.6. The highest BCUT2D eigenvalue weighted by Crippen LogP contribution is 2.40. The molecular weight excluding hydrogens is 347 g/mol. The number of halogens is 1. The molecule has 2 amide bonds. The summed E-state index contributed by atoms with van der Waals surface area (Å²) in [5.41, 5.74) is 0.448. The first-order valence-corrected chi connectivity index (χ1v) is 9.35. The van der Waals surface area contributed by atoms with Crippen molar-refractivity contribution in [1.29, 1.82) is 0 Å². The van der Waals surface area contributed by atoms with Gasteiger partial charge in [-0.05, 0) is 43.0 Å². The fourth-order valence-corrected chi connectivity index (χ4v) is 4.21. The van der Waals surface area contributed by atoms with Gasteiger partial charge in [-0.1, -0.05) is 12.1 Å². The van der Waals surface area contributed by atoms with Gasteiger partial charge in [-0.15, -0.1) is 0 Å². The first kappa shape index (κ1) is 17.7. The second-order valence-electron chi connectivity index (χ2n) is 7.51. The third-order valence-corrected chi connectivity index (χ3v) is 5.67. The number of benzene rings is 1. The molecule has 6 nitrogen and oxygen atoms in total. The molecule has 1 atom stereocenters. The van der Waals surface area contributed by atoms with Gasteiger partial charge in [0, 0.05) is 38.6 Å². The molecule has 1 spiro atoms. The zero-order valence-electron chi connectivity index (χ0n) is 15.2. The Balaban J connectivity index is 1.42. The molecule has 3 heterocycles. The van der Waals surface area contributed by atoms with Gasteiger partial charge in [0.1, 0.15) is 12.4 Å². The van der Waals surface area contributed by atoms with E-state index in [0.29, 0.717) is 32.6 Å². The molecule has 2 saturated heterocycles. The minimum Gasteiger partial charge on any atom is -0.340 e. The lowest BCUT2D eigenvalue weighted by atomic mass is 9.78. The maximum atomic E-state index is 13.2. The van der Waals surface area contributed by atoms with Crippen molar-refractivity contribution in [3.8, 4) is 0 Å². The lowest BCUT2D eigenvalue weighted by molar-refractivity contribution is -0.146. The van der Waals surface area contributed by atoms with E-state index in [1.807, 2.05) is 4.90 Å². The number of nitrogens with zero attached hydrogens (tertiary/aromatic N) is 4. The van der Waals surface area contributed by atoms with Gasteiger partial charge in [0.05, 0.1) is 5.41 Å². The van der Waals surface area contributed by atoms with E-state index in [1.165, 1.54) is 12.1 Å². The molecule has 1 aromatic carbocycles. The monoisotopic (exact) mass is 370 g/mol. The molecule has 0 radical (unpaired) electrons. The summed E-state index contributed by atoms with van der Waals surface area (Å²) in [6, 6.07) is 8.07. The number of likely N-dealkylation sites (tertiary alicyclic amines) is 2. The van der Waals surface area contributed by atoms with E-state index in [1.54, 1.807) is 40.2 Å². The van der Waals surface area contributed by atoms with Crippen LogP contribution in [-0.4, -0.2) is 51.0 Å². The van der Waals surface area contributed by atoms with E-state index in [0.717, 1.165) is 18.4 Å². The van der Waals surface area contributed by atoms with Crippen LogP contribution in [0.4, 0.5) is 4.39 Å². The first-order chi connectivity index (χ1) is 13.1. The molecule has 0 bridgehead atoms. The second kappa shape index (κ2) is 7.13. The van der Waals surface area contributed by atoms with E-state index in [-0.39, 0.29) is 24.2 Å². The smallest absolute Gasteiger partial charge is 0.244 e. The Bertz CT molecular complexity index is 821. The van der Waals surface area contributed by atoms with Crippen molar-refractivity contribution in [1.82, 2.24) is 19.6 Å². The van der Waals surface area contributed by atoms with Crippen LogP contribution in [0.5, 0.6) is 0 Å². The highest BCUT2D eigenvalue weighted by molar-refractivity contribution is 5.86. The average molecular weight is 370 g/mol. The molecule has 1 aromatic heterocycles. The summed E-state index contributed by atoms with van der Waals surface area (Å²) >= 11 is 0. The Morgan fingerprint density at radius 1 is 1.19 bits per heavy atom. The molecule has 142 valence electrons. The van der Waals surface area contributed by atoms with Gasteiger partial charge in [-0.2, -0.15) is 5.10 Å².